The van der Waals surface area contributed by atoms with Crippen LogP contribution in [0.3, 0.4) is 0 Å². The number of nitrogens with zero attached hydrogens (tertiary/aromatic N) is 1. The third-order valence-electron chi connectivity index (χ3n) is 4.92. The predicted octanol–water partition coefficient (Wildman–Crippen LogP) is 4.02. The average Bonchev–Trinajstić information content (AvgIpc) is 3.21. The van der Waals surface area contributed by atoms with Gasteiger partial charge in [-0.2, -0.15) is 0 Å². The van der Waals surface area contributed by atoms with Gasteiger partial charge in [0.2, 0.25) is 0 Å². The minimum atomic E-state index is -0.607. The SMILES string of the molecule is CCOC(=O)C(Nc1ccc(C(=N)N)cc1)c1cc(C)cc(N2CCCC2)c1.Cl. The van der Waals surface area contributed by atoms with E-state index in [4.69, 9.17) is 15.9 Å². The van der Waals surface area contributed by atoms with Crippen molar-refractivity contribution in [3.8, 4) is 0 Å². The highest BCUT2D eigenvalue weighted by Gasteiger charge is 2.24. The molecule has 7 heteroatoms. The smallest absolute Gasteiger partial charge is 0.333 e. The number of esters is 1. The van der Waals surface area contributed by atoms with Gasteiger partial charge in [-0.3, -0.25) is 5.41 Å². The molecule has 0 saturated carbocycles. The van der Waals surface area contributed by atoms with Crippen LogP contribution in [0.2, 0.25) is 0 Å². The molecule has 0 bridgehead atoms. The van der Waals surface area contributed by atoms with Gasteiger partial charge in [0.1, 0.15) is 5.84 Å². The molecule has 0 amide bonds. The van der Waals surface area contributed by atoms with E-state index in [-0.39, 0.29) is 24.2 Å². The normalized spacial score (nSPS) is 14.1. The van der Waals surface area contributed by atoms with Crippen molar-refractivity contribution in [2.45, 2.75) is 32.7 Å². The van der Waals surface area contributed by atoms with E-state index in [9.17, 15) is 4.79 Å². The van der Waals surface area contributed by atoms with Gasteiger partial charge in [0.25, 0.3) is 0 Å². The van der Waals surface area contributed by atoms with E-state index in [2.05, 4.69) is 22.3 Å². The molecule has 0 radical (unpaired) electrons. The highest BCUT2D eigenvalue weighted by molar-refractivity contribution is 5.95. The first kappa shape index (κ1) is 22.6. The monoisotopic (exact) mass is 416 g/mol. The number of carbonyl (C=O) groups is 1. The molecule has 2 aromatic carbocycles. The highest BCUT2D eigenvalue weighted by Crippen LogP contribution is 2.29. The number of carbonyl (C=O) groups excluding carboxylic acids is 1. The molecule has 0 spiro atoms. The van der Waals surface area contributed by atoms with Crippen molar-refractivity contribution >= 4 is 35.6 Å². The third-order valence-corrected chi connectivity index (χ3v) is 4.92. The standard InChI is InChI=1S/C22H28N4O2.ClH/c1-3-28-22(27)20(25-18-8-6-16(7-9-18)21(23)24)17-12-15(2)13-19(14-17)26-10-4-5-11-26;/h6-9,12-14,20,25H,3-5,10-11H2,1-2H3,(H3,23,24);1H. The van der Waals surface area contributed by atoms with Crippen molar-refractivity contribution in [3.63, 3.8) is 0 Å². The lowest BCUT2D eigenvalue weighted by molar-refractivity contribution is -0.144. The second-order valence-corrected chi connectivity index (χ2v) is 7.12. The van der Waals surface area contributed by atoms with Crippen LogP contribution in [-0.4, -0.2) is 31.5 Å². The minimum Gasteiger partial charge on any atom is -0.464 e. The average molecular weight is 417 g/mol. The van der Waals surface area contributed by atoms with Gasteiger partial charge in [0.15, 0.2) is 6.04 Å². The summed E-state index contributed by atoms with van der Waals surface area (Å²) in [5, 5.41) is 10.8. The number of hydrogen-bond acceptors (Lipinski definition) is 5. The lowest BCUT2D eigenvalue weighted by atomic mass is 10.0. The zero-order valence-corrected chi connectivity index (χ0v) is 17.7. The number of amidine groups is 1. The fourth-order valence-electron chi connectivity index (χ4n) is 3.53. The number of nitrogens with one attached hydrogen (secondary N) is 2. The Bertz CT molecular complexity index is 848. The van der Waals surface area contributed by atoms with Gasteiger partial charge >= 0.3 is 5.97 Å². The van der Waals surface area contributed by atoms with Crippen LogP contribution >= 0.6 is 12.4 Å². The van der Waals surface area contributed by atoms with E-state index < -0.39 is 6.04 Å². The van der Waals surface area contributed by atoms with Crippen LogP contribution in [0.5, 0.6) is 0 Å². The molecule has 3 rings (SSSR count). The zero-order chi connectivity index (χ0) is 20.1. The van der Waals surface area contributed by atoms with Crippen LogP contribution in [0, 0.1) is 12.3 Å². The Labute approximate surface area is 178 Å². The van der Waals surface area contributed by atoms with Gasteiger partial charge in [-0.1, -0.05) is 6.07 Å². The number of hydrogen-bond donors (Lipinski definition) is 3. The Balaban J connectivity index is 0.00000300. The number of nitrogen functional groups attached to an aromatic ring is 1. The molecule has 6 nitrogen and oxygen atoms in total. The molecule has 156 valence electrons. The maximum absolute atomic E-state index is 12.7. The molecule has 1 heterocycles. The van der Waals surface area contributed by atoms with Gasteiger partial charge in [-0.15, -0.1) is 12.4 Å². The fraction of sp³-hybridized carbons (Fsp3) is 0.364. The van der Waals surface area contributed by atoms with Gasteiger partial charge in [0.05, 0.1) is 6.61 Å². The molecule has 1 atom stereocenters. The molecule has 1 saturated heterocycles. The minimum absolute atomic E-state index is 0. The Morgan fingerprint density at radius 3 is 2.45 bits per heavy atom. The molecule has 0 aromatic heterocycles. The second kappa shape index (κ2) is 10.2. The summed E-state index contributed by atoms with van der Waals surface area (Å²) in [6.07, 6.45) is 2.40. The van der Waals surface area contributed by atoms with Crippen LogP contribution in [-0.2, 0) is 9.53 Å². The summed E-state index contributed by atoms with van der Waals surface area (Å²) in [5.74, 6) is -0.293. The lowest BCUT2D eigenvalue weighted by Gasteiger charge is -2.23. The number of ether oxygens (including phenoxy) is 1. The van der Waals surface area contributed by atoms with Crippen LogP contribution in [0.1, 0.15) is 42.5 Å². The Kier molecular flexibility index (Phi) is 7.91. The molecular weight excluding hydrogens is 388 g/mol. The van der Waals surface area contributed by atoms with Crippen LogP contribution in [0.15, 0.2) is 42.5 Å². The number of benzene rings is 2. The molecule has 1 fully saturated rings. The van der Waals surface area contributed by atoms with Crippen molar-refractivity contribution in [1.29, 1.82) is 5.41 Å². The fourth-order valence-corrected chi connectivity index (χ4v) is 3.53. The number of aryl methyl sites for hydroxylation is 1. The number of halogens is 1. The van der Waals surface area contributed by atoms with Crippen molar-refractivity contribution in [1.82, 2.24) is 0 Å². The quantitative estimate of drug-likeness (QED) is 0.360. The van der Waals surface area contributed by atoms with Gasteiger partial charge < -0.3 is 20.7 Å². The molecule has 4 N–H and O–H groups in total. The topological polar surface area (TPSA) is 91.4 Å². The molecule has 1 aliphatic heterocycles. The van der Waals surface area contributed by atoms with Crippen molar-refractivity contribution in [3.05, 3.63) is 59.2 Å². The highest BCUT2D eigenvalue weighted by atomic mass is 35.5. The first-order valence-electron chi connectivity index (χ1n) is 9.72. The second-order valence-electron chi connectivity index (χ2n) is 7.12. The van der Waals surface area contributed by atoms with E-state index in [0.29, 0.717) is 12.2 Å². The summed E-state index contributed by atoms with van der Waals surface area (Å²) in [6.45, 7) is 6.28. The van der Waals surface area contributed by atoms with Crippen LogP contribution < -0.4 is 16.0 Å². The van der Waals surface area contributed by atoms with Crippen LogP contribution in [0.25, 0.3) is 0 Å². The number of rotatable bonds is 7. The molecule has 1 aliphatic rings. The van der Waals surface area contributed by atoms with Crippen LogP contribution in [0.4, 0.5) is 11.4 Å². The van der Waals surface area contributed by atoms with E-state index in [1.807, 2.05) is 32.0 Å². The van der Waals surface area contributed by atoms with E-state index in [0.717, 1.165) is 35.6 Å². The Hall–Kier alpha value is -2.73. The van der Waals surface area contributed by atoms with Gasteiger partial charge in [-0.05, 0) is 74.2 Å². The predicted molar refractivity (Wildman–Crippen MR) is 120 cm³/mol. The maximum Gasteiger partial charge on any atom is 0.333 e. The third kappa shape index (κ3) is 5.64. The van der Waals surface area contributed by atoms with Gasteiger partial charge in [0, 0.05) is 30.0 Å². The van der Waals surface area contributed by atoms with E-state index >= 15 is 0 Å². The van der Waals surface area contributed by atoms with E-state index in [1.54, 1.807) is 12.1 Å². The maximum atomic E-state index is 12.7. The Morgan fingerprint density at radius 1 is 1.21 bits per heavy atom. The molecule has 1 unspecified atom stereocenters. The van der Waals surface area contributed by atoms with Crippen molar-refractivity contribution < 1.29 is 9.53 Å². The summed E-state index contributed by atoms with van der Waals surface area (Å²) >= 11 is 0. The first-order chi connectivity index (χ1) is 13.5. The van der Waals surface area contributed by atoms with Gasteiger partial charge in [-0.25, -0.2) is 4.79 Å². The zero-order valence-electron chi connectivity index (χ0n) is 16.9. The molecule has 0 aliphatic carbocycles. The summed E-state index contributed by atoms with van der Waals surface area (Å²) < 4.78 is 5.33. The van der Waals surface area contributed by atoms with Crippen molar-refractivity contribution in [2.24, 2.45) is 5.73 Å². The number of anilines is 2. The molecule has 2 aromatic rings. The summed E-state index contributed by atoms with van der Waals surface area (Å²) in [7, 11) is 0. The summed E-state index contributed by atoms with van der Waals surface area (Å²) in [5.41, 5.74) is 10.1. The number of nitrogens with two attached hydrogens (primary N) is 1. The van der Waals surface area contributed by atoms with E-state index in [1.165, 1.54) is 12.8 Å². The lowest BCUT2D eigenvalue weighted by Crippen LogP contribution is -2.24. The molecular formula is C22H29ClN4O2. The first-order valence-corrected chi connectivity index (χ1v) is 9.72. The Morgan fingerprint density at radius 2 is 1.86 bits per heavy atom. The largest absolute Gasteiger partial charge is 0.464 e. The molecule has 29 heavy (non-hydrogen) atoms. The summed E-state index contributed by atoms with van der Waals surface area (Å²) in [4.78, 5) is 15.1. The van der Waals surface area contributed by atoms with Crippen molar-refractivity contribution in [2.75, 3.05) is 29.9 Å². The summed E-state index contributed by atoms with van der Waals surface area (Å²) in [6, 6.07) is 12.8.